The molecular formula is C15H20N4O3S. The lowest BCUT2D eigenvalue weighted by Crippen LogP contribution is -2.24. The molecule has 1 aliphatic rings. The SMILES string of the molecule is CN(C)C(=O)CSc1nnc(-c2ccco2)n1C[C@@H]1CCCO1. The highest BCUT2D eigenvalue weighted by molar-refractivity contribution is 7.99. The van der Waals surface area contributed by atoms with Gasteiger partial charge in [0.2, 0.25) is 11.7 Å². The first-order chi connectivity index (χ1) is 11.1. The second-order valence-corrected chi connectivity index (χ2v) is 6.55. The molecule has 2 aromatic rings. The third kappa shape index (κ3) is 3.76. The van der Waals surface area contributed by atoms with Crippen LogP contribution >= 0.6 is 11.8 Å². The number of carbonyl (C=O) groups excluding carboxylic acids is 1. The first kappa shape index (κ1) is 16.1. The highest BCUT2D eigenvalue weighted by Gasteiger charge is 2.23. The Morgan fingerprint density at radius 1 is 1.48 bits per heavy atom. The van der Waals surface area contributed by atoms with Crippen LogP contribution in [0.25, 0.3) is 11.6 Å². The van der Waals surface area contributed by atoms with Gasteiger partial charge in [-0.2, -0.15) is 0 Å². The highest BCUT2D eigenvalue weighted by Crippen LogP contribution is 2.26. The number of rotatable bonds is 6. The van der Waals surface area contributed by atoms with Gasteiger partial charge in [0.15, 0.2) is 10.9 Å². The minimum atomic E-state index is 0.0428. The molecule has 8 heteroatoms. The van der Waals surface area contributed by atoms with Crippen LogP contribution in [-0.4, -0.2) is 58.1 Å². The van der Waals surface area contributed by atoms with Gasteiger partial charge in [-0.15, -0.1) is 10.2 Å². The predicted molar refractivity (Wildman–Crippen MR) is 86.1 cm³/mol. The number of hydrogen-bond acceptors (Lipinski definition) is 6. The van der Waals surface area contributed by atoms with Crippen LogP contribution in [0.5, 0.6) is 0 Å². The topological polar surface area (TPSA) is 73.4 Å². The van der Waals surface area contributed by atoms with Gasteiger partial charge in [-0.3, -0.25) is 9.36 Å². The summed E-state index contributed by atoms with van der Waals surface area (Å²) >= 11 is 1.39. The minimum absolute atomic E-state index is 0.0428. The molecule has 1 aliphatic heterocycles. The van der Waals surface area contributed by atoms with Gasteiger partial charge in [0, 0.05) is 20.7 Å². The summed E-state index contributed by atoms with van der Waals surface area (Å²) in [4.78, 5) is 13.4. The van der Waals surface area contributed by atoms with E-state index in [1.807, 2.05) is 16.7 Å². The van der Waals surface area contributed by atoms with Crippen LogP contribution in [0.4, 0.5) is 0 Å². The molecule has 1 atom stereocenters. The molecule has 0 saturated carbocycles. The van der Waals surface area contributed by atoms with Crippen LogP contribution in [-0.2, 0) is 16.1 Å². The molecular weight excluding hydrogens is 316 g/mol. The van der Waals surface area contributed by atoms with Crippen LogP contribution in [0.15, 0.2) is 28.0 Å². The smallest absolute Gasteiger partial charge is 0.232 e. The first-order valence-corrected chi connectivity index (χ1v) is 8.55. The van der Waals surface area contributed by atoms with Crippen LogP contribution in [0.1, 0.15) is 12.8 Å². The summed E-state index contributed by atoms with van der Waals surface area (Å²) in [6.45, 7) is 1.46. The quantitative estimate of drug-likeness (QED) is 0.750. The van der Waals surface area contributed by atoms with Gasteiger partial charge in [-0.1, -0.05) is 11.8 Å². The largest absolute Gasteiger partial charge is 0.461 e. The summed E-state index contributed by atoms with van der Waals surface area (Å²) < 4.78 is 13.2. The Labute approximate surface area is 139 Å². The molecule has 1 amide bonds. The van der Waals surface area contributed by atoms with Gasteiger partial charge in [-0.25, -0.2) is 0 Å². The maximum absolute atomic E-state index is 11.8. The van der Waals surface area contributed by atoms with E-state index in [9.17, 15) is 4.79 Å². The summed E-state index contributed by atoms with van der Waals surface area (Å²) in [6.07, 6.45) is 3.87. The van der Waals surface area contributed by atoms with Gasteiger partial charge in [0.05, 0.1) is 24.7 Å². The molecule has 2 aromatic heterocycles. The lowest BCUT2D eigenvalue weighted by molar-refractivity contribution is -0.125. The summed E-state index contributed by atoms with van der Waals surface area (Å²) in [6, 6.07) is 3.68. The fraction of sp³-hybridized carbons (Fsp3) is 0.533. The van der Waals surface area contributed by atoms with Crippen molar-refractivity contribution in [2.75, 3.05) is 26.5 Å². The van der Waals surface area contributed by atoms with Gasteiger partial charge in [0.1, 0.15) is 0 Å². The van der Waals surface area contributed by atoms with E-state index in [0.29, 0.717) is 29.0 Å². The van der Waals surface area contributed by atoms with Crippen molar-refractivity contribution in [3.63, 3.8) is 0 Å². The van der Waals surface area contributed by atoms with Gasteiger partial charge < -0.3 is 14.1 Å². The van der Waals surface area contributed by atoms with Crippen molar-refractivity contribution in [2.24, 2.45) is 0 Å². The second kappa shape index (κ2) is 7.18. The van der Waals surface area contributed by atoms with Crippen molar-refractivity contribution in [1.82, 2.24) is 19.7 Å². The summed E-state index contributed by atoms with van der Waals surface area (Å²) in [5.74, 6) is 1.71. The van der Waals surface area contributed by atoms with E-state index < -0.39 is 0 Å². The lowest BCUT2D eigenvalue weighted by Gasteiger charge is -2.14. The van der Waals surface area contributed by atoms with Crippen LogP contribution in [0.2, 0.25) is 0 Å². The number of ether oxygens (including phenoxy) is 1. The Morgan fingerprint density at radius 2 is 2.35 bits per heavy atom. The van der Waals surface area contributed by atoms with E-state index in [-0.39, 0.29) is 12.0 Å². The number of hydrogen-bond donors (Lipinski definition) is 0. The lowest BCUT2D eigenvalue weighted by atomic mass is 10.2. The third-order valence-corrected chi connectivity index (χ3v) is 4.64. The van der Waals surface area contributed by atoms with E-state index in [2.05, 4.69) is 10.2 Å². The van der Waals surface area contributed by atoms with Gasteiger partial charge in [-0.05, 0) is 25.0 Å². The molecule has 1 fully saturated rings. The fourth-order valence-electron chi connectivity index (χ4n) is 2.40. The number of furan rings is 1. The van der Waals surface area contributed by atoms with E-state index in [1.54, 1.807) is 25.3 Å². The molecule has 23 heavy (non-hydrogen) atoms. The molecule has 0 spiro atoms. The van der Waals surface area contributed by atoms with E-state index >= 15 is 0 Å². The van der Waals surface area contributed by atoms with Crippen molar-refractivity contribution in [2.45, 2.75) is 30.6 Å². The molecule has 0 aromatic carbocycles. The Hall–Kier alpha value is -1.80. The van der Waals surface area contributed by atoms with Crippen LogP contribution < -0.4 is 0 Å². The molecule has 3 heterocycles. The van der Waals surface area contributed by atoms with Crippen LogP contribution in [0, 0.1) is 0 Å². The monoisotopic (exact) mass is 336 g/mol. The summed E-state index contributed by atoms with van der Waals surface area (Å²) in [5, 5.41) is 9.19. The molecule has 0 aliphatic carbocycles. The molecule has 0 radical (unpaired) electrons. The zero-order chi connectivity index (χ0) is 16.2. The Morgan fingerprint density at radius 3 is 3.00 bits per heavy atom. The number of aromatic nitrogens is 3. The molecule has 0 N–H and O–H groups in total. The van der Waals surface area contributed by atoms with Crippen molar-refractivity contribution in [3.05, 3.63) is 18.4 Å². The van der Waals surface area contributed by atoms with Crippen molar-refractivity contribution >= 4 is 17.7 Å². The molecule has 0 bridgehead atoms. The van der Waals surface area contributed by atoms with Gasteiger partial charge in [0.25, 0.3) is 0 Å². The van der Waals surface area contributed by atoms with Crippen molar-refractivity contribution in [1.29, 1.82) is 0 Å². The number of carbonyl (C=O) groups is 1. The molecule has 7 nitrogen and oxygen atoms in total. The zero-order valence-electron chi connectivity index (χ0n) is 13.3. The summed E-state index contributed by atoms with van der Waals surface area (Å²) in [7, 11) is 3.49. The third-order valence-electron chi connectivity index (χ3n) is 3.69. The standard InChI is InChI=1S/C15H20N4O3S/c1-18(2)13(20)10-23-15-17-16-14(12-6-4-8-22-12)19(15)9-11-5-3-7-21-11/h4,6,8,11H,3,5,7,9-10H2,1-2H3/t11-/m0/s1. The molecule has 124 valence electrons. The number of amides is 1. The van der Waals surface area contributed by atoms with E-state index in [4.69, 9.17) is 9.15 Å². The predicted octanol–water partition coefficient (Wildman–Crippen LogP) is 1.90. The highest BCUT2D eigenvalue weighted by atomic mass is 32.2. The van der Waals surface area contributed by atoms with E-state index in [1.165, 1.54) is 11.8 Å². The first-order valence-electron chi connectivity index (χ1n) is 7.57. The second-order valence-electron chi connectivity index (χ2n) is 5.61. The van der Waals surface area contributed by atoms with E-state index in [0.717, 1.165) is 19.4 Å². The number of thioether (sulfide) groups is 1. The number of nitrogens with zero attached hydrogens (tertiary/aromatic N) is 4. The summed E-state index contributed by atoms with van der Waals surface area (Å²) in [5.41, 5.74) is 0. The normalized spacial score (nSPS) is 17.6. The molecule has 3 rings (SSSR count). The average molecular weight is 336 g/mol. The van der Waals surface area contributed by atoms with Crippen LogP contribution in [0.3, 0.4) is 0 Å². The maximum atomic E-state index is 11.8. The zero-order valence-corrected chi connectivity index (χ0v) is 14.1. The molecule has 1 saturated heterocycles. The van der Waals surface area contributed by atoms with Gasteiger partial charge >= 0.3 is 0 Å². The average Bonchev–Trinajstić information content (AvgIpc) is 3.27. The van der Waals surface area contributed by atoms with Crippen molar-refractivity contribution in [3.8, 4) is 11.6 Å². The maximum Gasteiger partial charge on any atom is 0.232 e. The Balaban J connectivity index is 1.81. The Bertz CT molecular complexity index is 648. The molecule has 0 unspecified atom stereocenters. The fourth-order valence-corrected chi connectivity index (χ4v) is 3.32. The van der Waals surface area contributed by atoms with Crippen molar-refractivity contribution < 1.29 is 13.9 Å². The Kier molecular flexibility index (Phi) is 5.02. The minimum Gasteiger partial charge on any atom is -0.461 e.